The van der Waals surface area contributed by atoms with Crippen molar-refractivity contribution in [1.82, 2.24) is 9.80 Å². The van der Waals surface area contributed by atoms with Crippen molar-refractivity contribution >= 4 is 17.7 Å². The van der Waals surface area contributed by atoms with Gasteiger partial charge in [-0.15, -0.1) is 11.8 Å². The molecule has 1 aliphatic rings. The van der Waals surface area contributed by atoms with Crippen LogP contribution in [0, 0.1) is 6.92 Å². The molecule has 22 heavy (non-hydrogen) atoms. The lowest BCUT2D eigenvalue weighted by atomic mass is 10.1. The first-order valence-corrected chi connectivity index (χ1v) is 8.95. The van der Waals surface area contributed by atoms with E-state index in [1.165, 1.54) is 10.5 Å². The molecule has 1 aromatic carbocycles. The molecule has 1 saturated heterocycles. The van der Waals surface area contributed by atoms with Crippen LogP contribution in [0.3, 0.4) is 0 Å². The maximum Gasteiger partial charge on any atom is 0.233 e. The van der Waals surface area contributed by atoms with Crippen LogP contribution in [0.1, 0.15) is 18.9 Å². The van der Waals surface area contributed by atoms with Gasteiger partial charge in [-0.25, -0.2) is 0 Å². The molecule has 1 heterocycles. The Morgan fingerprint density at radius 1 is 1.27 bits per heavy atom. The Hall–Kier alpha value is -1.04. The molecule has 0 aliphatic carbocycles. The number of aliphatic hydroxyl groups excluding tert-OH is 1. The number of rotatable bonds is 6. The van der Waals surface area contributed by atoms with Gasteiger partial charge in [0.25, 0.3) is 0 Å². The number of amides is 1. The third-order valence-corrected chi connectivity index (χ3v) is 5.47. The number of thioether (sulfide) groups is 1. The zero-order valence-corrected chi connectivity index (χ0v) is 14.3. The average molecular weight is 322 g/mol. The smallest absolute Gasteiger partial charge is 0.233 e. The standard InChI is InChI=1S/C17H26N2O2S/c1-3-15(12-20)18-8-10-19(11-9-18)17(21)13-22-16-7-5-4-6-14(16)2/h4-7,15,20H,3,8-13H2,1-2H3. The highest BCUT2D eigenvalue weighted by Crippen LogP contribution is 2.22. The number of hydrogen-bond donors (Lipinski definition) is 1. The van der Waals surface area contributed by atoms with Gasteiger partial charge in [0.15, 0.2) is 0 Å². The van der Waals surface area contributed by atoms with E-state index in [0.29, 0.717) is 5.75 Å². The second kappa shape index (κ2) is 8.56. The van der Waals surface area contributed by atoms with Gasteiger partial charge in [0.1, 0.15) is 0 Å². The summed E-state index contributed by atoms with van der Waals surface area (Å²) in [6, 6.07) is 8.41. The summed E-state index contributed by atoms with van der Waals surface area (Å²) in [5.41, 5.74) is 1.22. The Balaban J connectivity index is 1.79. The van der Waals surface area contributed by atoms with Gasteiger partial charge in [-0.2, -0.15) is 0 Å². The molecule has 122 valence electrons. The van der Waals surface area contributed by atoms with E-state index in [0.717, 1.165) is 32.6 Å². The summed E-state index contributed by atoms with van der Waals surface area (Å²) >= 11 is 1.62. The van der Waals surface area contributed by atoms with Gasteiger partial charge in [0.2, 0.25) is 5.91 Å². The van der Waals surface area contributed by atoms with Crippen molar-refractivity contribution < 1.29 is 9.90 Å². The van der Waals surface area contributed by atoms with E-state index in [9.17, 15) is 9.90 Å². The first-order chi connectivity index (χ1) is 10.7. The molecule has 1 atom stereocenters. The monoisotopic (exact) mass is 322 g/mol. The predicted molar refractivity (Wildman–Crippen MR) is 91.2 cm³/mol. The summed E-state index contributed by atoms with van der Waals surface area (Å²) in [5, 5.41) is 9.36. The zero-order valence-electron chi connectivity index (χ0n) is 13.5. The van der Waals surface area contributed by atoms with E-state index in [1.54, 1.807) is 11.8 Å². The lowest BCUT2D eigenvalue weighted by Gasteiger charge is -2.38. The van der Waals surface area contributed by atoms with Crippen LogP contribution in [0.2, 0.25) is 0 Å². The van der Waals surface area contributed by atoms with Crippen LogP contribution in [-0.4, -0.2) is 65.4 Å². The summed E-state index contributed by atoms with van der Waals surface area (Å²) in [6.07, 6.45) is 0.952. The largest absolute Gasteiger partial charge is 0.395 e. The minimum Gasteiger partial charge on any atom is -0.395 e. The third kappa shape index (κ3) is 4.48. The highest BCUT2D eigenvalue weighted by atomic mass is 32.2. The molecule has 1 amide bonds. The van der Waals surface area contributed by atoms with Crippen LogP contribution >= 0.6 is 11.8 Å². The van der Waals surface area contributed by atoms with Crippen molar-refractivity contribution in [3.63, 3.8) is 0 Å². The van der Waals surface area contributed by atoms with E-state index in [-0.39, 0.29) is 18.6 Å². The number of hydrogen-bond acceptors (Lipinski definition) is 4. The highest BCUT2D eigenvalue weighted by molar-refractivity contribution is 8.00. The number of carbonyl (C=O) groups is 1. The molecular formula is C17H26N2O2S. The van der Waals surface area contributed by atoms with Crippen molar-refractivity contribution in [3.05, 3.63) is 29.8 Å². The van der Waals surface area contributed by atoms with E-state index in [4.69, 9.17) is 0 Å². The van der Waals surface area contributed by atoms with Gasteiger partial charge >= 0.3 is 0 Å². The molecule has 0 saturated carbocycles. The van der Waals surface area contributed by atoms with Gasteiger partial charge < -0.3 is 10.0 Å². The molecule has 1 aromatic rings. The van der Waals surface area contributed by atoms with Gasteiger partial charge in [-0.3, -0.25) is 9.69 Å². The minimum absolute atomic E-state index is 0.202. The molecular weight excluding hydrogens is 296 g/mol. The molecule has 1 aliphatic heterocycles. The minimum atomic E-state index is 0.202. The average Bonchev–Trinajstić information content (AvgIpc) is 2.55. The maximum atomic E-state index is 12.3. The van der Waals surface area contributed by atoms with Crippen molar-refractivity contribution in [2.45, 2.75) is 31.2 Å². The molecule has 1 fully saturated rings. The fourth-order valence-corrected chi connectivity index (χ4v) is 3.72. The van der Waals surface area contributed by atoms with E-state index in [2.05, 4.69) is 30.9 Å². The normalized spacial score (nSPS) is 17.5. The summed E-state index contributed by atoms with van der Waals surface area (Å²) in [4.78, 5) is 17.8. The Morgan fingerprint density at radius 2 is 1.95 bits per heavy atom. The molecule has 0 radical (unpaired) electrons. The summed E-state index contributed by atoms with van der Waals surface area (Å²) in [6.45, 7) is 7.63. The van der Waals surface area contributed by atoms with Crippen LogP contribution in [0.5, 0.6) is 0 Å². The predicted octanol–water partition coefficient (Wildman–Crippen LogP) is 2.00. The summed E-state index contributed by atoms with van der Waals surface area (Å²) in [7, 11) is 0. The van der Waals surface area contributed by atoms with E-state index in [1.807, 2.05) is 17.0 Å². The summed E-state index contributed by atoms with van der Waals surface area (Å²) < 4.78 is 0. The SMILES string of the molecule is CCC(CO)N1CCN(C(=O)CSc2ccccc2C)CC1. The molecule has 0 bridgehead atoms. The van der Waals surface area contributed by atoms with Gasteiger partial charge in [0, 0.05) is 37.1 Å². The first-order valence-electron chi connectivity index (χ1n) is 7.96. The Labute approximate surface area is 137 Å². The van der Waals surface area contributed by atoms with Crippen LogP contribution < -0.4 is 0 Å². The lowest BCUT2D eigenvalue weighted by Crippen LogP contribution is -2.53. The first kappa shape index (κ1) is 17.3. The van der Waals surface area contributed by atoms with E-state index >= 15 is 0 Å². The Bertz CT molecular complexity index is 483. The Kier molecular flexibility index (Phi) is 6.73. The van der Waals surface area contributed by atoms with Crippen LogP contribution in [0.25, 0.3) is 0 Å². The van der Waals surface area contributed by atoms with Crippen molar-refractivity contribution in [3.8, 4) is 0 Å². The van der Waals surface area contributed by atoms with Crippen molar-refractivity contribution in [1.29, 1.82) is 0 Å². The molecule has 2 rings (SSSR count). The summed E-state index contributed by atoms with van der Waals surface area (Å²) in [5.74, 6) is 0.715. The molecule has 4 nitrogen and oxygen atoms in total. The third-order valence-electron chi connectivity index (χ3n) is 4.31. The number of aryl methyl sites for hydroxylation is 1. The van der Waals surface area contributed by atoms with Crippen LogP contribution in [0.15, 0.2) is 29.2 Å². The highest BCUT2D eigenvalue weighted by Gasteiger charge is 2.24. The number of carbonyl (C=O) groups excluding carboxylic acids is 1. The van der Waals surface area contributed by atoms with Crippen molar-refractivity contribution in [2.75, 3.05) is 38.5 Å². The fourth-order valence-electron chi connectivity index (χ4n) is 2.79. The second-order valence-corrected chi connectivity index (χ2v) is 6.73. The molecule has 1 unspecified atom stereocenters. The van der Waals surface area contributed by atoms with Crippen molar-refractivity contribution in [2.24, 2.45) is 0 Å². The Morgan fingerprint density at radius 3 is 2.55 bits per heavy atom. The molecule has 5 heteroatoms. The number of benzene rings is 1. The van der Waals surface area contributed by atoms with Crippen LogP contribution in [0.4, 0.5) is 0 Å². The van der Waals surface area contributed by atoms with Gasteiger partial charge in [0.05, 0.1) is 12.4 Å². The molecule has 1 N–H and O–H groups in total. The van der Waals surface area contributed by atoms with Crippen LogP contribution in [-0.2, 0) is 4.79 Å². The number of nitrogens with zero attached hydrogens (tertiary/aromatic N) is 2. The maximum absolute atomic E-state index is 12.3. The topological polar surface area (TPSA) is 43.8 Å². The van der Waals surface area contributed by atoms with E-state index < -0.39 is 0 Å². The van der Waals surface area contributed by atoms with Gasteiger partial charge in [-0.05, 0) is 25.0 Å². The number of piperazine rings is 1. The lowest BCUT2D eigenvalue weighted by molar-refractivity contribution is -0.130. The zero-order chi connectivity index (χ0) is 15.9. The molecule has 0 aromatic heterocycles. The quantitative estimate of drug-likeness (QED) is 0.814. The molecule has 0 spiro atoms. The van der Waals surface area contributed by atoms with Gasteiger partial charge in [-0.1, -0.05) is 25.1 Å². The second-order valence-electron chi connectivity index (χ2n) is 5.72. The fraction of sp³-hybridized carbons (Fsp3) is 0.588. The number of aliphatic hydroxyl groups is 1.